The summed E-state index contributed by atoms with van der Waals surface area (Å²) in [6, 6.07) is 4.03. The Morgan fingerprint density at radius 3 is 2.33 bits per heavy atom. The average Bonchev–Trinajstić information content (AvgIpc) is 3.44. The van der Waals surface area contributed by atoms with Crippen LogP contribution in [0.5, 0.6) is 5.75 Å². The van der Waals surface area contributed by atoms with Crippen LogP contribution in [0, 0.1) is 19.8 Å². The third kappa shape index (κ3) is 9.84. The topological polar surface area (TPSA) is 91.4 Å². The van der Waals surface area contributed by atoms with Gasteiger partial charge in [-0.1, -0.05) is 0 Å². The zero-order valence-electron chi connectivity index (χ0n) is 24.5. The summed E-state index contributed by atoms with van der Waals surface area (Å²) in [4.78, 5) is 29.8. The molecular formula is C29H48N4O5S. The normalized spacial score (nSPS) is 20.7. The lowest BCUT2D eigenvalue weighted by Gasteiger charge is -2.32. The van der Waals surface area contributed by atoms with Crippen molar-refractivity contribution >= 4 is 22.8 Å². The van der Waals surface area contributed by atoms with Crippen molar-refractivity contribution in [3.63, 3.8) is 0 Å². The Morgan fingerprint density at radius 2 is 1.72 bits per heavy atom. The van der Waals surface area contributed by atoms with Gasteiger partial charge in [-0.2, -0.15) is 0 Å². The molecule has 1 aromatic rings. The van der Waals surface area contributed by atoms with Gasteiger partial charge in [0.05, 0.1) is 18.6 Å². The summed E-state index contributed by atoms with van der Waals surface area (Å²) in [7, 11) is 3.92. The largest absolute Gasteiger partial charge is 0.497 e. The lowest BCUT2D eigenvalue weighted by molar-refractivity contribution is -0.135. The molecule has 2 amide bonds. The van der Waals surface area contributed by atoms with Gasteiger partial charge < -0.3 is 24.6 Å². The fourth-order valence-electron chi connectivity index (χ4n) is 5.55. The van der Waals surface area contributed by atoms with E-state index in [1.165, 1.54) is 12.8 Å². The van der Waals surface area contributed by atoms with Gasteiger partial charge in [-0.25, -0.2) is 8.51 Å². The second-order valence-electron chi connectivity index (χ2n) is 11.1. The summed E-state index contributed by atoms with van der Waals surface area (Å²) >= 11 is 0. The van der Waals surface area contributed by atoms with Crippen LogP contribution >= 0.6 is 0 Å². The van der Waals surface area contributed by atoms with Crippen molar-refractivity contribution in [2.45, 2.75) is 69.7 Å². The summed E-state index contributed by atoms with van der Waals surface area (Å²) in [6.45, 7) is 8.46. The number of nitrogens with one attached hydrogen (secondary N) is 1. The maximum atomic E-state index is 13.1. The molecule has 10 heteroatoms. The Balaban J connectivity index is 1.29. The quantitative estimate of drug-likeness (QED) is 0.350. The van der Waals surface area contributed by atoms with Gasteiger partial charge in [0.2, 0.25) is 11.8 Å². The zero-order chi connectivity index (χ0) is 28.4. The standard InChI is InChI=1S/C29H48N4O5S/c1-22-18-26(37-5)19-23(2)29(22)39(36)32(4)16-17-38-21-28(35)31(3)20-24-8-10-25(11-9-24)30-27(34)12-15-33-13-6-7-14-33/h18-19,24-25H,6-17,20-21H2,1-5H3,(H,30,34). The van der Waals surface area contributed by atoms with E-state index in [-0.39, 0.29) is 24.5 Å². The van der Waals surface area contributed by atoms with Crippen molar-refractivity contribution in [1.82, 2.24) is 19.4 Å². The molecule has 2 fully saturated rings. The Bertz CT molecular complexity index is 953. The molecule has 3 rings (SSSR count). The summed E-state index contributed by atoms with van der Waals surface area (Å²) in [5.41, 5.74) is 1.84. The molecule has 1 saturated heterocycles. The van der Waals surface area contributed by atoms with E-state index >= 15 is 0 Å². The summed E-state index contributed by atoms with van der Waals surface area (Å²) in [5.74, 6) is 1.32. The molecule has 0 bridgehead atoms. The number of benzene rings is 1. The first-order valence-corrected chi connectivity index (χ1v) is 15.4. The number of ether oxygens (including phenoxy) is 2. The Morgan fingerprint density at radius 1 is 1.08 bits per heavy atom. The number of aryl methyl sites for hydroxylation is 2. The van der Waals surface area contributed by atoms with E-state index < -0.39 is 11.0 Å². The molecule has 1 N–H and O–H groups in total. The molecule has 1 aliphatic carbocycles. The van der Waals surface area contributed by atoms with Crippen LogP contribution in [0.15, 0.2) is 17.0 Å². The van der Waals surface area contributed by atoms with Gasteiger partial charge in [0.1, 0.15) is 23.3 Å². The summed E-state index contributed by atoms with van der Waals surface area (Å²) in [5, 5.41) is 3.21. The molecule has 1 atom stereocenters. The number of rotatable bonds is 14. The third-order valence-corrected chi connectivity index (χ3v) is 9.67. The first-order chi connectivity index (χ1) is 18.7. The van der Waals surface area contributed by atoms with Gasteiger partial charge in [0, 0.05) is 46.2 Å². The van der Waals surface area contributed by atoms with Gasteiger partial charge in [0.15, 0.2) is 0 Å². The number of carbonyl (C=O) groups is 2. The molecule has 1 heterocycles. The van der Waals surface area contributed by atoms with Crippen LogP contribution in [0.3, 0.4) is 0 Å². The first-order valence-electron chi connectivity index (χ1n) is 14.3. The Kier molecular flexibility index (Phi) is 12.7. The monoisotopic (exact) mass is 564 g/mol. The molecule has 1 saturated carbocycles. The number of likely N-dealkylation sites (tertiary alicyclic amines) is 1. The fourth-order valence-corrected chi connectivity index (χ4v) is 6.77. The number of carbonyl (C=O) groups excluding carboxylic acids is 2. The van der Waals surface area contributed by atoms with E-state index in [0.29, 0.717) is 32.0 Å². The highest BCUT2D eigenvalue weighted by atomic mass is 32.2. The number of amides is 2. The molecule has 2 aliphatic rings. The van der Waals surface area contributed by atoms with Crippen molar-refractivity contribution < 1.29 is 23.3 Å². The molecule has 39 heavy (non-hydrogen) atoms. The summed E-state index contributed by atoms with van der Waals surface area (Å²) in [6.07, 6.45) is 7.04. The highest BCUT2D eigenvalue weighted by Crippen LogP contribution is 2.26. The SMILES string of the molecule is COc1cc(C)c(S(=O)N(C)CCOCC(=O)N(C)CC2CCC(NC(=O)CCN3CCCC3)CC2)c(C)c1. The van der Waals surface area contributed by atoms with Crippen LogP contribution in [0.2, 0.25) is 0 Å². The number of likely N-dealkylation sites (N-methyl/N-ethyl adjacent to an activating group) is 2. The van der Waals surface area contributed by atoms with Gasteiger partial charge in [-0.05, 0) is 94.6 Å². The Hall–Kier alpha value is -2.01. The van der Waals surface area contributed by atoms with E-state index in [2.05, 4.69) is 10.2 Å². The fraction of sp³-hybridized carbons (Fsp3) is 0.724. The van der Waals surface area contributed by atoms with Crippen LogP contribution in [0.1, 0.15) is 56.1 Å². The second-order valence-corrected chi connectivity index (χ2v) is 12.6. The minimum Gasteiger partial charge on any atom is -0.497 e. The van der Waals surface area contributed by atoms with Crippen LogP contribution in [-0.2, 0) is 25.3 Å². The van der Waals surface area contributed by atoms with Crippen LogP contribution in [0.25, 0.3) is 0 Å². The molecule has 1 aliphatic heterocycles. The Labute approximate surface area is 237 Å². The molecule has 1 unspecified atom stereocenters. The second kappa shape index (κ2) is 15.7. The minimum atomic E-state index is -1.32. The maximum absolute atomic E-state index is 13.1. The molecule has 1 aromatic carbocycles. The molecule has 0 aromatic heterocycles. The number of hydrogen-bond donors (Lipinski definition) is 1. The van der Waals surface area contributed by atoms with Gasteiger partial charge >= 0.3 is 0 Å². The van der Waals surface area contributed by atoms with Crippen molar-refractivity contribution in [2.75, 3.05) is 67.1 Å². The predicted octanol–water partition coefficient (Wildman–Crippen LogP) is 2.90. The van der Waals surface area contributed by atoms with Gasteiger partial charge in [0.25, 0.3) is 0 Å². The summed E-state index contributed by atoms with van der Waals surface area (Å²) < 4.78 is 25.7. The average molecular weight is 565 g/mol. The third-order valence-electron chi connectivity index (χ3n) is 7.93. The molecule has 9 nitrogen and oxygen atoms in total. The maximum Gasteiger partial charge on any atom is 0.248 e. The van der Waals surface area contributed by atoms with Crippen molar-refractivity contribution in [1.29, 1.82) is 0 Å². The van der Waals surface area contributed by atoms with Crippen molar-refractivity contribution in [3.05, 3.63) is 23.3 Å². The van der Waals surface area contributed by atoms with E-state index in [4.69, 9.17) is 9.47 Å². The van der Waals surface area contributed by atoms with Crippen LogP contribution in [0.4, 0.5) is 0 Å². The molecular weight excluding hydrogens is 516 g/mol. The number of nitrogens with zero attached hydrogens (tertiary/aromatic N) is 3. The zero-order valence-corrected chi connectivity index (χ0v) is 25.3. The van der Waals surface area contributed by atoms with E-state index in [0.717, 1.165) is 67.1 Å². The van der Waals surface area contributed by atoms with E-state index in [1.807, 2.05) is 33.0 Å². The number of hydrogen-bond acceptors (Lipinski definition) is 6. The van der Waals surface area contributed by atoms with Gasteiger partial charge in [-0.15, -0.1) is 0 Å². The highest BCUT2D eigenvalue weighted by Gasteiger charge is 2.25. The van der Waals surface area contributed by atoms with Crippen LogP contribution in [-0.4, -0.2) is 103 Å². The lowest BCUT2D eigenvalue weighted by Crippen LogP contribution is -2.41. The van der Waals surface area contributed by atoms with E-state index in [1.54, 1.807) is 23.4 Å². The highest BCUT2D eigenvalue weighted by molar-refractivity contribution is 7.82. The van der Waals surface area contributed by atoms with Crippen molar-refractivity contribution in [3.8, 4) is 5.75 Å². The molecule has 220 valence electrons. The number of methoxy groups -OCH3 is 1. The molecule has 0 radical (unpaired) electrons. The molecule has 0 spiro atoms. The minimum absolute atomic E-state index is 0.0139. The first kappa shape index (κ1) is 31.5. The predicted molar refractivity (Wildman–Crippen MR) is 154 cm³/mol. The van der Waals surface area contributed by atoms with E-state index in [9.17, 15) is 13.8 Å². The smallest absolute Gasteiger partial charge is 0.248 e. The van der Waals surface area contributed by atoms with Crippen molar-refractivity contribution in [2.24, 2.45) is 5.92 Å². The van der Waals surface area contributed by atoms with Gasteiger partial charge in [-0.3, -0.25) is 9.59 Å². The van der Waals surface area contributed by atoms with Crippen LogP contribution < -0.4 is 10.1 Å². The lowest BCUT2D eigenvalue weighted by atomic mass is 9.85.